The first-order chi connectivity index (χ1) is 14.1. The van der Waals surface area contributed by atoms with Crippen molar-refractivity contribution in [3.63, 3.8) is 0 Å². The van der Waals surface area contributed by atoms with Crippen molar-refractivity contribution >= 4 is 17.5 Å². The van der Waals surface area contributed by atoms with Crippen molar-refractivity contribution in [1.29, 1.82) is 0 Å². The Labute approximate surface area is 171 Å². The van der Waals surface area contributed by atoms with Crippen LogP contribution in [0.25, 0.3) is 5.65 Å². The molecule has 1 aliphatic carbocycles. The monoisotopic (exact) mass is 397 g/mol. The number of fused-ring (bicyclic) bond motifs is 1. The third-order valence-electron chi connectivity index (χ3n) is 6.15. The van der Waals surface area contributed by atoms with E-state index in [-0.39, 0.29) is 24.3 Å². The van der Waals surface area contributed by atoms with Crippen molar-refractivity contribution in [2.24, 2.45) is 5.92 Å². The van der Waals surface area contributed by atoms with Crippen molar-refractivity contribution < 1.29 is 9.59 Å². The quantitative estimate of drug-likeness (QED) is 0.782. The standard InChI is InChI=1S/C22H31N5O2/c1-16-7-8-20-25-18(15-27(20)13-16)12-24-21(28)11-19-22(29)23-9-10-26(19)14-17-5-3-2-4-6-17/h7-8,13,15,17,19H,2-6,9-12,14H2,1H3,(H,23,29)(H,24,28)/t19-/m1/s1. The van der Waals surface area contributed by atoms with Crippen molar-refractivity contribution in [3.8, 4) is 0 Å². The SMILES string of the molecule is Cc1ccc2nc(CNC(=O)C[C@@H]3C(=O)NCCN3CC3CCCCC3)cn2c1. The van der Waals surface area contributed by atoms with Crippen LogP contribution in [0.1, 0.15) is 49.8 Å². The Morgan fingerprint density at radius 2 is 2.07 bits per heavy atom. The van der Waals surface area contributed by atoms with Gasteiger partial charge in [0.05, 0.1) is 24.7 Å². The summed E-state index contributed by atoms with van der Waals surface area (Å²) in [5.41, 5.74) is 2.84. The largest absolute Gasteiger partial charge is 0.353 e. The number of aromatic nitrogens is 2. The molecule has 0 bridgehead atoms. The third kappa shape index (κ3) is 4.96. The van der Waals surface area contributed by atoms with E-state index in [1.165, 1.54) is 32.1 Å². The summed E-state index contributed by atoms with van der Waals surface area (Å²) in [5.74, 6) is 0.529. The van der Waals surface area contributed by atoms with E-state index in [1.807, 2.05) is 35.9 Å². The van der Waals surface area contributed by atoms with Gasteiger partial charge < -0.3 is 15.0 Å². The molecule has 0 unspecified atom stereocenters. The lowest BCUT2D eigenvalue weighted by Crippen LogP contribution is -2.57. The molecule has 2 N–H and O–H groups in total. The van der Waals surface area contributed by atoms with Crippen LogP contribution in [0.15, 0.2) is 24.5 Å². The molecule has 1 saturated heterocycles. The van der Waals surface area contributed by atoms with E-state index in [4.69, 9.17) is 0 Å². The number of nitrogens with zero attached hydrogens (tertiary/aromatic N) is 3. The normalized spacial score (nSPS) is 21.3. The smallest absolute Gasteiger partial charge is 0.237 e. The van der Waals surface area contributed by atoms with Gasteiger partial charge in [0, 0.05) is 32.0 Å². The average Bonchev–Trinajstić information content (AvgIpc) is 3.12. The molecule has 2 aromatic rings. The van der Waals surface area contributed by atoms with Crippen LogP contribution in [0.5, 0.6) is 0 Å². The first-order valence-electron chi connectivity index (χ1n) is 10.8. The van der Waals surface area contributed by atoms with E-state index >= 15 is 0 Å². The zero-order chi connectivity index (χ0) is 20.2. The maximum atomic E-state index is 12.6. The molecular formula is C22H31N5O2. The highest BCUT2D eigenvalue weighted by atomic mass is 16.2. The Hall–Kier alpha value is -2.41. The van der Waals surface area contributed by atoms with Crippen LogP contribution in [0.4, 0.5) is 0 Å². The van der Waals surface area contributed by atoms with Crippen LogP contribution < -0.4 is 10.6 Å². The lowest BCUT2D eigenvalue weighted by Gasteiger charge is -2.37. The Morgan fingerprint density at radius 3 is 2.90 bits per heavy atom. The van der Waals surface area contributed by atoms with Crippen molar-refractivity contribution in [3.05, 3.63) is 35.8 Å². The highest BCUT2D eigenvalue weighted by Crippen LogP contribution is 2.25. The molecule has 1 aliphatic heterocycles. The fourth-order valence-corrected chi connectivity index (χ4v) is 4.58. The maximum absolute atomic E-state index is 12.6. The molecule has 7 nitrogen and oxygen atoms in total. The number of pyridine rings is 1. The van der Waals surface area contributed by atoms with Crippen LogP contribution in [-0.4, -0.2) is 51.8 Å². The molecule has 7 heteroatoms. The van der Waals surface area contributed by atoms with Crippen LogP contribution in [-0.2, 0) is 16.1 Å². The van der Waals surface area contributed by atoms with Crippen LogP contribution in [0.3, 0.4) is 0 Å². The molecule has 2 aliphatic rings. The van der Waals surface area contributed by atoms with Crippen molar-refractivity contribution in [2.45, 2.75) is 58.0 Å². The number of hydrogen-bond donors (Lipinski definition) is 2. The Bertz CT molecular complexity index is 871. The van der Waals surface area contributed by atoms with E-state index in [2.05, 4.69) is 20.5 Å². The maximum Gasteiger partial charge on any atom is 0.237 e. The van der Waals surface area contributed by atoms with E-state index in [9.17, 15) is 9.59 Å². The van der Waals surface area contributed by atoms with Crippen LogP contribution in [0.2, 0.25) is 0 Å². The summed E-state index contributed by atoms with van der Waals surface area (Å²) in [6.07, 6.45) is 10.5. The zero-order valence-electron chi connectivity index (χ0n) is 17.2. The highest BCUT2D eigenvalue weighted by molar-refractivity contribution is 5.88. The summed E-state index contributed by atoms with van der Waals surface area (Å²) < 4.78 is 1.97. The number of aryl methyl sites for hydroxylation is 1. The topological polar surface area (TPSA) is 78.7 Å². The number of hydrogen-bond acceptors (Lipinski definition) is 4. The molecule has 2 fully saturated rings. The molecule has 2 aromatic heterocycles. The van der Waals surface area contributed by atoms with Gasteiger partial charge in [-0.2, -0.15) is 0 Å². The summed E-state index contributed by atoms with van der Waals surface area (Å²) in [4.78, 5) is 31.8. The Morgan fingerprint density at radius 1 is 1.24 bits per heavy atom. The Balaban J connectivity index is 1.33. The van der Waals surface area contributed by atoms with Gasteiger partial charge in [-0.25, -0.2) is 4.98 Å². The molecule has 0 aromatic carbocycles. The lowest BCUT2D eigenvalue weighted by atomic mass is 9.88. The van der Waals surface area contributed by atoms with Crippen LogP contribution >= 0.6 is 0 Å². The molecule has 29 heavy (non-hydrogen) atoms. The molecule has 0 spiro atoms. The third-order valence-corrected chi connectivity index (χ3v) is 6.15. The minimum absolute atomic E-state index is 0.0228. The van der Waals surface area contributed by atoms with E-state index in [0.29, 0.717) is 19.0 Å². The second-order valence-electron chi connectivity index (χ2n) is 8.49. The molecule has 1 saturated carbocycles. The summed E-state index contributed by atoms with van der Waals surface area (Å²) >= 11 is 0. The predicted molar refractivity (Wildman–Crippen MR) is 111 cm³/mol. The predicted octanol–water partition coefficient (Wildman–Crippen LogP) is 2.03. The van der Waals surface area contributed by atoms with Gasteiger partial charge in [0.1, 0.15) is 5.65 Å². The fourth-order valence-electron chi connectivity index (χ4n) is 4.58. The van der Waals surface area contributed by atoms with Gasteiger partial charge in [0.25, 0.3) is 0 Å². The molecule has 1 atom stereocenters. The molecule has 3 heterocycles. The lowest BCUT2D eigenvalue weighted by molar-refractivity contribution is -0.134. The van der Waals surface area contributed by atoms with Gasteiger partial charge in [-0.05, 0) is 37.3 Å². The minimum Gasteiger partial charge on any atom is -0.353 e. The first-order valence-corrected chi connectivity index (χ1v) is 10.8. The van der Waals surface area contributed by atoms with Gasteiger partial charge >= 0.3 is 0 Å². The zero-order valence-corrected chi connectivity index (χ0v) is 17.2. The molecule has 0 radical (unpaired) electrons. The van der Waals surface area contributed by atoms with E-state index in [0.717, 1.165) is 30.0 Å². The second-order valence-corrected chi connectivity index (χ2v) is 8.49. The van der Waals surface area contributed by atoms with Gasteiger partial charge in [-0.15, -0.1) is 0 Å². The number of imidazole rings is 1. The number of rotatable bonds is 6. The number of carbonyl (C=O) groups is 2. The molecule has 2 amide bonds. The number of nitrogens with one attached hydrogen (secondary N) is 2. The van der Waals surface area contributed by atoms with Gasteiger partial charge in [-0.1, -0.05) is 25.3 Å². The summed E-state index contributed by atoms with van der Waals surface area (Å²) in [7, 11) is 0. The van der Waals surface area contributed by atoms with Crippen LogP contribution in [0, 0.1) is 12.8 Å². The van der Waals surface area contributed by atoms with E-state index < -0.39 is 0 Å². The summed E-state index contributed by atoms with van der Waals surface area (Å²) in [6.45, 7) is 4.83. The Kier molecular flexibility index (Phi) is 6.13. The van der Waals surface area contributed by atoms with Gasteiger partial charge in [0.2, 0.25) is 11.8 Å². The summed E-state index contributed by atoms with van der Waals surface area (Å²) in [5, 5.41) is 5.87. The van der Waals surface area contributed by atoms with Crippen molar-refractivity contribution in [1.82, 2.24) is 24.9 Å². The second kappa shape index (κ2) is 8.95. The average molecular weight is 398 g/mol. The summed E-state index contributed by atoms with van der Waals surface area (Å²) in [6, 6.07) is 3.62. The number of carbonyl (C=O) groups excluding carboxylic acids is 2. The first kappa shape index (κ1) is 19.9. The number of amides is 2. The van der Waals surface area contributed by atoms with E-state index in [1.54, 1.807) is 0 Å². The molecule has 156 valence electrons. The van der Waals surface area contributed by atoms with Gasteiger partial charge in [0.15, 0.2) is 0 Å². The van der Waals surface area contributed by atoms with Gasteiger partial charge in [-0.3, -0.25) is 14.5 Å². The number of piperazine rings is 1. The van der Waals surface area contributed by atoms with Crippen molar-refractivity contribution in [2.75, 3.05) is 19.6 Å². The highest BCUT2D eigenvalue weighted by Gasteiger charge is 2.33. The molecular weight excluding hydrogens is 366 g/mol. The minimum atomic E-state index is -0.366. The fraction of sp³-hybridized carbons (Fsp3) is 0.591. The molecule has 4 rings (SSSR count).